The summed E-state index contributed by atoms with van der Waals surface area (Å²) in [5, 5.41) is 0. The van der Waals surface area contributed by atoms with E-state index in [1.807, 2.05) is 0 Å². The lowest BCUT2D eigenvalue weighted by Crippen LogP contribution is -2.54. The molecule has 1 nitrogen and oxygen atoms in total. The Morgan fingerprint density at radius 3 is 2.30 bits per heavy atom. The van der Waals surface area contributed by atoms with E-state index in [4.69, 9.17) is 5.73 Å². The van der Waals surface area contributed by atoms with E-state index in [9.17, 15) is 0 Å². The molecule has 0 heterocycles. The third-order valence-electron chi connectivity index (χ3n) is 5.21. The zero-order valence-corrected chi connectivity index (χ0v) is 13.7. The number of hydrogen-bond donors (Lipinski definition) is 1. The van der Waals surface area contributed by atoms with Crippen LogP contribution in [0.3, 0.4) is 0 Å². The van der Waals surface area contributed by atoms with E-state index >= 15 is 0 Å². The summed E-state index contributed by atoms with van der Waals surface area (Å²) >= 11 is 0. The van der Waals surface area contributed by atoms with Gasteiger partial charge in [0.2, 0.25) is 0 Å². The second kappa shape index (κ2) is 6.30. The normalized spacial score (nSPS) is 30.7. The molecule has 20 heavy (non-hydrogen) atoms. The lowest BCUT2D eigenvalue weighted by molar-refractivity contribution is 0.109. The van der Waals surface area contributed by atoms with Gasteiger partial charge in [-0.3, -0.25) is 0 Å². The Kier molecular flexibility index (Phi) is 4.90. The van der Waals surface area contributed by atoms with Crippen LogP contribution in [0.25, 0.3) is 0 Å². The molecule has 1 saturated carbocycles. The molecule has 0 aromatic heterocycles. The molecule has 0 aliphatic heterocycles. The van der Waals surface area contributed by atoms with Crippen molar-refractivity contribution in [1.29, 1.82) is 0 Å². The van der Waals surface area contributed by atoms with Crippen molar-refractivity contribution < 1.29 is 0 Å². The fourth-order valence-electron chi connectivity index (χ4n) is 4.13. The second-order valence-electron chi connectivity index (χ2n) is 7.32. The van der Waals surface area contributed by atoms with Crippen LogP contribution in [0.5, 0.6) is 0 Å². The number of hydrogen-bond acceptors (Lipinski definition) is 1. The van der Waals surface area contributed by atoms with Crippen molar-refractivity contribution in [2.75, 3.05) is 0 Å². The summed E-state index contributed by atoms with van der Waals surface area (Å²) in [6, 6.07) is 9.08. The highest BCUT2D eigenvalue weighted by atomic mass is 14.8. The van der Waals surface area contributed by atoms with Crippen LogP contribution in [0.1, 0.15) is 58.1 Å². The van der Waals surface area contributed by atoms with E-state index in [-0.39, 0.29) is 5.54 Å². The summed E-state index contributed by atoms with van der Waals surface area (Å²) < 4.78 is 0. The molecule has 0 amide bonds. The van der Waals surface area contributed by atoms with Crippen LogP contribution in [0, 0.1) is 17.8 Å². The Morgan fingerprint density at radius 2 is 1.75 bits per heavy atom. The summed E-state index contributed by atoms with van der Waals surface area (Å²) in [4.78, 5) is 0. The maximum atomic E-state index is 6.90. The molecule has 1 heteroatoms. The highest BCUT2D eigenvalue weighted by molar-refractivity contribution is 5.24. The van der Waals surface area contributed by atoms with E-state index in [2.05, 4.69) is 52.0 Å². The molecule has 3 atom stereocenters. The van der Waals surface area contributed by atoms with Gasteiger partial charge in [0.05, 0.1) is 0 Å². The van der Waals surface area contributed by atoms with Gasteiger partial charge in [-0.2, -0.15) is 0 Å². The molecule has 1 aromatic rings. The van der Waals surface area contributed by atoms with Crippen LogP contribution >= 0.6 is 0 Å². The molecule has 112 valence electrons. The summed E-state index contributed by atoms with van der Waals surface area (Å²) in [5.74, 6) is 2.11. The van der Waals surface area contributed by atoms with Crippen LogP contribution in [-0.4, -0.2) is 5.54 Å². The van der Waals surface area contributed by atoms with Crippen molar-refractivity contribution in [3.05, 3.63) is 35.4 Å². The fourth-order valence-corrected chi connectivity index (χ4v) is 4.13. The van der Waals surface area contributed by atoms with Crippen molar-refractivity contribution in [3.63, 3.8) is 0 Å². The predicted molar refractivity (Wildman–Crippen MR) is 87.8 cm³/mol. The standard InChI is InChI=1S/C19H31N/c1-5-16-7-9-17(10-8-16)13-19(20)12-15(4)6-11-18(19)14(2)3/h7-10,14-15,18H,5-6,11-13,20H2,1-4H3. The van der Waals surface area contributed by atoms with Gasteiger partial charge in [0.15, 0.2) is 0 Å². The van der Waals surface area contributed by atoms with Gasteiger partial charge < -0.3 is 5.73 Å². The summed E-state index contributed by atoms with van der Waals surface area (Å²) in [6.45, 7) is 9.24. The second-order valence-corrected chi connectivity index (χ2v) is 7.32. The third-order valence-corrected chi connectivity index (χ3v) is 5.21. The summed E-state index contributed by atoms with van der Waals surface area (Å²) in [7, 11) is 0. The van der Waals surface area contributed by atoms with Crippen LogP contribution in [0.2, 0.25) is 0 Å². The first-order valence-corrected chi connectivity index (χ1v) is 8.31. The molecule has 0 spiro atoms. The molecule has 2 rings (SSSR count). The average molecular weight is 273 g/mol. The zero-order chi connectivity index (χ0) is 14.8. The molecule has 3 unspecified atom stereocenters. The van der Waals surface area contributed by atoms with Crippen LogP contribution in [0.4, 0.5) is 0 Å². The van der Waals surface area contributed by atoms with E-state index < -0.39 is 0 Å². The number of nitrogens with two attached hydrogens (primary N) is 1. The van der Waals surface area contributed by atoms with Gasteiger partial charge in [-0.1, -0.05) is 58.4 Å². The molecule has 1 fully saturated rings. The van der Waals surface area contributed by atoms with Gasteiger partial charge in [-0.25, -0.2) is 0 Å². The minimum atomic E-state index is -0.0143. The zero-order valence-electron chi connectivity index (χ0n) is 13.7. The number of rotatable bonds is 4. The van der Waals surface area contributed by atoms with Crippen molar-refractivity contribution >= 4 is 0 Å². The van der Waals surface area contributed by atoms with Gasteiger partial charge in [-0.15, -0.1) is 0 Å². The number of benzene rings is 1. The maximum Gasteiger partial charge on any atom is 0.0228 e. The average Bonchev–Trinajstić information content (AvgIpc) is 2.38. The van der Waals surface area contributed by atoms with Crippen molar-refractivity contribution in [2.45, 2.75) is 65.3 Å². The Hall–Kier alpha value is -0.820. The first kappa shape index (κ1) is 15.6. The van der Waals surface area contributed by atoms with Gasteiger partial charge >= 0.3 is 0 Å². The predicted octanol–water partition coefficient (Wildman–Crippen LogP) is 4.58. The molecule has 1 aliphatic carbocycles. The van der Waals surface area contributed by atoms with Crippen molar-refractivity contribution in [1.82, 2.24) is 0 Å². The third kappa shape index (κ3) is 3.44. The van der Waals surface area contributed by atoms with Gasteiger partial charge in [0, 0.05) is 5.54 Å². The SMILES string of the molecule is CCc1ccc(CC2(N)CC(C)CCC2C(C)C)cc1. The molecule has 0 saturated heterocycles. The van der Waals surface area contributed by atoms with E-state index in [1.54, 1.807) is 0 Å². The minimum Gasteiger partial charge on any atom is -0.325 e. The molecule has 1 aromatic carbocycles. The Morgan fingerprint density at radius 1 is 1.15 bits per heavy atom. The largest absolute Gasteiger partial charge is 0.325 e. The molecule has 1 aliphatic rings. The smallest absolute Gasteiger partial charge is 0.0228 e. The fraction of sp³-hybridized carbons (Fsp3) is 0.684. The van der Waals surface area contributed by atoms with Crippen LogP contribution < -0.4 is 5.73 Å². The van der Waals surface area contributed by atoms with Gasteiger partial charge in [0.1, 0.15) is 0 Å². The Labute approximate surface area is 125 Å². The minimum absolute atomic E-state index is 0.0143. The van der Waals surface area contributed by atoms with E-state index in [0.29, 0.717) is 11.8 Å². The van der Waals surface area contributed by atoms with Crippen LogP contribution in [-0.2, 0) is 12.8 Å². The highest BCUT2D eigenvalue weighted by Gasteiger charge is 2.40. The van der Waals surface area contributed by atoms with Gasteiger partial charge in [-0.05, 0) is 54.6 Å². The number of aryl methyl sites for hydroxylation is 1. The topological polar surface area (TPSA) is 26.0 Å². The quantitative estimate of drug-likeness (QED) is 0.853. The van der Waals surface area contributed by atoms with Gasteiger partial charge in [0.25, 0.3) is 0 Å². The molecular weight excluding hydrogens is 242 g/mol. The first-order chi connectivity index (χ1) is 9.44. The first-order valence-electron chi connectivity index (χ1n) is 8.31. The Balaban J connectivity index is 2.17. The lowest BCUT2D eigenvalue weighted by atomic mass is 9.63. The van der Waals surface area contributed by atoms with E-state index in [0.717, 1.165) is 18.8 Å². The molecule has 0 radical (unpaired) electrons. The summed E-state index contributed by atoms with van der Waals surface area (Å²) in [5.41, 5.74) is 9.70. The Bertz CT molecular complexity index is 420. The summed E-state index contributed by atoms with van der Waals surface area (Å²) in [6.07, 6.45) is 5.95. The maximum absolute atomic E-state index is 6.90. The van der Waals surface area contributed by atoms with Crippen molar-refractivity contribution in [2.24, 2.45) is 23.5 Å². The molecular formula is C19H31N. The van der Waals surface area contributed by atoms with E-state index in [1.165, 1.54) is 30.4 Å². The molecule has 0 bridgehead atoms. The van der Waals surface area contributed by atoms with Crippen molar-refractivity contribution in [3.8, 4) is 0 Å². The molecule has 2 N–H and O–H groups in total. The monoisotopic (exact) mass is 273 g/mol. The van der Waals surface area contributed by atoms with Crippen LogP contribution in [0.15, 0.2) is 24.3 Å². The lowest BCUT2D eigenvalue weighted by Gasteiger charge is -2.46. The highest BCUT2D eigenvalue weighted by Crippen LogP contribution is 2.41.